The molecule has 0 radical (unpaired) electrons. The number of para-hydroxylation sites is 1. The molecule has 3 unspecified atom stereocenters. The normalized spacial score (nSPS) is 26.9. The van der Waals surface area contributed by atoms with Crippen LogP contribution in [0, 0.1) is 10.1 Å². The second-order valence-corrected chi connectivity index (χ2v) is 5.96. The summed E-state index contributed by atoms with van der Waals surface area (Å²) in [5.41, 5.74) is 0.627. The summed E-state index contributed by atoms with van der Waals surface area (Å²) in [6.45, 7) is 0. The number of alkyl halides is 1. The highest BCUT2D eigenvalue weighted by Crippen LogP contribution is 2.52. The second kappa shape index (κ2) is 5.43. The van der Waals surface area contributed by atoms with Gasteiger partial charge in [0.05, 0.1) is 4.92 Å². The summed E-state index contributed by atoms with van der Waals surface area (Å²) in [6.07, 6.45) is -2.75. The number of aliphatic hydroxyl groups is 1. The molecule has 0 saturated heterocycles. The monoisotopic (exact) mass is 339 g/mol. The van der Waals surface area contributed by atoms with Gasteiger partial charge in [0, 0.05) is 16.1 Å². The van der Waals surface area contributed by atoms with E-state index in [0.29, 0.717) is 11.3 Å². The molecule has 7 heteroatoms. The van der Waals surface area contributed by atoms with Crippen molar-refractivity contribution in [2.24, 2.45) is 0 Å². The predicted molar refractivity (Wildman–Crippen MR) is 81.8 cm³/mol. The van der Waals surface area contributed by atoms with E-state index < -0.39 is 22.1 Å². The first-order valence-electron chi connectivity index (χ1n) is 6.47. The zero-order valence-electron chi connectivity index (χ0n) is 11.1. The minimum Gasteiger partial charge on any atom is -0.476 e. The molecule has 5 nitrogen and oxygen atoms in total. The molecule has 3 atom stereocenters. The number of halogens is 2. The molecule has 0 amide bonds. The van der Waals surface area contributed by atoms with Crippen molar-refractivity contribution < 1.29 is 14.8 Å². The number of fused-ring (bicyclic) bond motifs is 1. The maximum absolute atomic E-state index is 11.6. The zero-order chi connectivity index (χ0) is 15.9. The molecule has 2 aromatic carbocycles. The van der Waals surface area contributed by atoms with Gasteiger partial charge in [-0.3, -0.25) is 10.1 Å². The lowest BCUT2D eigenvalue weighted by Gasteiger charge is -2.37. The van der Waals surface area contributed by atoms with Gasteiger partial charge >= 0.3 is 5.00 Å². The van der Waals surface area contributed by atoms with Gasteiger partial charge in [-0.15, -0.1) is 0 Å². The van der Waals surface area contributed by atoms with Crippen LogP contribution in [0.2, 0.25) is 5.02 Å². The van der Waals surface area contributed by atoms with E-state index in [1.165, 1.54) is 0 Å². The summed E-state index contributed by atoms with van der Waals surface area (Å²) in [7, 11) is 0. The van der Waals surface area contributed by atoms with Crippen molar-refractivity contribution in [3.8, 4) is 5.75 Å². The van der Waals surface area contributed by atoms with Crippen LogP contribution >= 0.6 is 23.2 Å². The van der Waals surface area contributed by atoms with Crippen molar-refractivity contribution in [1.29, 1.82) is 0 Å². The molecule has 2 aromatic rings. The fourth-order valence-electron chi connectivity index (χ4n) is 2.55. The van der Waals surface area contributed by atoms with E-state index in [-0.39, 0.29) is 10.6 Å². The minimum absolute atomic E-state index is 0.275. The van der Waals surface area contributed by atoms with Crippen molar-refractivity contribution in [2.75, 3.05) is 0 Å². The van der Waals surface area contributed by atoms with Gasteiger partial charge in [0.1, 0.15) is 5.75 Å². The third-order valence-electron chi connectivity index (χ3n) is 3.68. The fraction of sp³-hybridized carbons (Fsp3) is 0.200. The maximum Gasteiger partial charge on any atom is 0.364 e. The van der Waals surface area contributed by atoms with E-state index in [2.05, 4.69) is 0 Å². The number of ether oxygens (including phenoxy) is 1. The molecule has 0 spiro atoms. The Morgan fingerprint density at radius 1 is 1.14 bits per heavy atom. The van der Waals surface area contributed by atoms with Crippen LogP contribution in [-0.4, -0.2) is 15.0 Å². The summed E-state index contributed by atoms with van der Waals surface area (Å²) >= 11 is 12.3. The van der Waals surface area contributed by atoms with E-state index in [1.54, 1.807) is 48.5 Å². The van der Waals surface area contributed by atoms with Gasteiger partial charge in [-0.25, -0.2) is 0 Å². The molecule has 1 aliphatic rings. The average Bonchev–Trinajstić information content (AvgIpc) is 2.51. The van der Waals surface area contributed by atoms with E-state index >= 15 is 0 Å². The number of benzene rings is 2. The smallest absolute Gasteiger partial charge is 0.364 e. The average molecular weight is 340 g/mol. The molecule has 1 heterocycles. The van der Waals surface area contributed by atoms with Crippen molar-refractivity contribution in [3.05, 3.63) is 74.8 Å². The first kappa shape index (κ1) is 15.1. The number of aliphatic hydroxyl groups excluding tert-OH is 1. The SMILES string of the molecule is O=[N+]([O-])C1(Cl)C(O)c2ccccc2OC1c1ccccc1Cl. The summed E-state index contributed by atoms with van der Waals surface area (Å²) < 4.78 is 5.73. The van der Waals surface area contributed by atoms with Gasteiger partial charge in [-0.1, -0.05) is 48.0 Å². The Bertz CT molecular complexity index is 739. The lowest BCUT2D eigenvalue weighted by molar-refractivity contribution is -0.570. The molecule has 0 aromatic heterocycles. The maximum atomic E-state index is 11.6. The summed E-state index contributed by atoms with van der Waals surface area (Å²) in [5.74, 6) is 0.345. The molecule has 1 N–H and O–H groups in total. The predicted octanol–water partition coefficient (Wildman–Crippen LogP) is 3.72. The summed E-state index contributed by atoms with van der Waals surface area (Å²) in [5, 5.41) is 22.3. The molecule has 0 fully saturated rings. The van der Waals surface area contributed by atoms with Crippen molar-refractivity contribution in [1.82, 2.24) is 0 Å². The number of rotatable bonds is 2. The fourth-order valence-corrected chi connectivity index (χ4v) is 3.06. The lowest BCUT2D eigenvalue weighted by Crippen LogP contribution is -2.49. The number of hydrogen-bond acceptors (Lipinski definition) is 4. The Labute approximate surface area is 136 Å². The third kappa shape index (κ3) is 2.13. The van der Waals surface area contributed by atoms with E-state index in [9.17, 15) is 15.2 Å². The van der Waals surface area contributed by atoms with Crippen molar-refractivity contribution in [2.45, 2.75) is 17.2 Å². The van der Waals surface area contributed by atoms with Crippen LogP contribution in [0.25, 0.3) is 0 Å². The van der Waals surface area contributed by atoms with Crippen molar-refractivity contribution in [3.63, 3.8) is 0 Å². The van der Waals surface area contributed by atoms with Crippen LogP contribution in [-0.2, 0) is 0 Å². The Morgan fingerprint density at radius 3 is 2.36 bits per heavy atom. The summed E-state index contributed by atoms with van der Waals surface area (Å²) in [6, 6.07) is 13.1. The molecule has 114 valence electrons. The molecule has 22 heavy (non-hydrogen) atoms. The van der Waals surface area contributed by atoms with Gasteiger partial charge in [0.15, 0.2) is 6.10 Å². The molecular formula is C15H11Cl2NO4. The number of nitro groups is 1. The Morgan fingerprint density at radius 2 is 1.73 bits per heavy atom. The topological polar surface area (TPSA) is 72.6 Å². The molecule has 0 bridgehead atoms. The zero-order valence-corrected chi connectivity index (χ0v) is 12.7. The van der Waals surface area contributed by atoms with E-state index in [4.69, 9.17) is 27.9 Å². The quantitative estimate of drug-likeness (QED) is 0.391. The van der Waals surface area contributed by atoms with Crippen LogP contribution < -0.4 is 4.74 Å². The van der Waals surface area contributed by atoms with Gasteiger partial charge in [0.2, 0.25) is 6.10 Å². The highest BCUT2D eigenvalue weighted by atomic mass is 35.5. The highest BCUT2D eigenvalue weighted by molar-refractivity contribution is 6.31. The Hall–Kier alpha value is -1.82. The standard InChI is InChI=1S/C15H11Cl2NO4/c16-11-7-3-1-5-9(11)14-15(17,18(20)21)13(19)10-6-2-4-8-12(10)22-14/h1-8,13-14,19H. The largest absolute Gasteiger partial charge is 0.476 e. The Balaban J connectivity index is 2.20. The van der Waals surface area contributed by atoms with Gasteiger partial charge in [-0.05, 0) is 23.7 Å². The van der Waals surface area contributed by atoms with Crippen LogP contribution in [0.15, 0.2) is 48.5 Å². The molecule has 0 aliphatic carbocycles. The number of hydrogen-bond donors (Lipinski definition) is 1. The highest BCUT2D eigenvalue weighted by Gasteiger charge is 2.61. The second-order valence-electron chi connectivity index (χ2n) is 4.94. The van der Waals surface area contributed by atoms with Crippen LogP contribution in [0.1, 0.15) is 23.3 Å². The van der Waals surface area contributed by atoms with Crippen LogP contribution in [0.3, 0.4) is 0 Å². The number of nitrogens with zero attached hydrogens (tertiary/aromatic N) is 1. The molecule has 3 rings (SSSR count). The van der Waals surface area contributed by atoms with Crippen molar-refractivity contribution >= 4 is 23.2 Å². The first-order valence-corrected chi connectivity index (χ1v) is 7.23. The molecular weight excluding hydrogens is 329 g/mol. The summed E-state index contributed by atoms with van der Waals surface area (Å²) in [4.78, 5) is 8.58. The lowest BCUT2D eigenvalue weighted by atomic mass is 9.89. The van der Waals surface area contributed by atoms with Gasteiger partial charge < -0.3 is 9.84 Å². The third-order valence-corrected chi connectivity index (χ3v) is 4.56. The van der Waals surface area contributed by atoms with Gasteiger partial charge in [0.25, 0.3) is 0 Å². The molecule has 1 aliphatic heterocycles. The van der Waals surface area contributed by atoms with Crippen LogP contribution in [0.5, 0.6) is 5.75 Å². The van der Waals surface area contributed by atoms with E-state index in [0.717, 1.165) is 0 Å². The Kier molecular flexibility index (Phi) is 3.72. The molecule has 0 saturated carbocycles. The van der Waals surface area contributed by atoms with Gasteiger partial charge in [-0.2, -0.15) is 0 Å². The first-order chi connectivity index (χ1) is 10.5. The minimum atomic E-state index is -2.26. The van der Waals surface area contributed by atoms with Crippen LogP contribution in [0.4, 0.5) is 0 Å². The van der Waals surface area contributed by atoms with E-state index in [1.807, 2.05) is 0 Å².